The Hall–Kier alpha value is -1.20. The predicted octanol–water partition coefficient (Wildman–Crippen LogP) is 4.56. The van der Waals surface area contributed by atoms with Crippen LogP contribution < -0.4 is 0 Å². The number of aliphatic hydroxyl groups is 1. The van der Waals surface area contributed by atoms with Gasteiger partial charge in [-0.15, -0.1) is 0 Å². The van der Waals surface area contributed by atoms with Crippen LogP contribution in [0.25, 0.3) is 0 Å². The number of ketones is 1. The first-order valence-corrected chi connectivity index (χ1v) is 12.5. The summed E-state index contributed by atoms with van der Waals surface area (Å²) in [7, 11) is 1.70. The summed E-state index contributed by atoms with van der Waals surface area (Å²) in [5.41, 5.74) is -0.147. The van der Waals surface area contributed by atoms with Gasteiger partial charge in [0.15, 0.2) is 0 Å². The summed E-state index contributed by atoms with van der Waals surface area (Å²) in [4.78, 5) is 20.7. The number of aromatic amines is 1. The minimum atomic E-state index is -0.633. The number of hydrogen-bond donors (Lipinski definition) is 2. The lowest BCUT2D eigenvalue weighted by atomic mass is 9.44. The molecule has 0 amide bonds. The molecule has 0 spiro atoms. The summed E-state index contributed by atoms with van der Waals surface area (Å²) in [6, 6.07) is 0. The molecule has 0 bridgehead atoms. The van der Waals surface area contributed by atoms with Crippen LogP contribution >= 0.6 is 0 Å². The highest BCUT2D eigenvalue weighted by Crippen LogP contribution is 2.68. The van der Waals surface area contributed by atoms with Crippen molar-refractivity contribution in [3.05, 3.63) is 18.2 Å². The van der Waals surface area contributed by atoms with E-state index in [1.54, 1.807) is 13.3 Å². The van der Waals surface area contributed by atoms with Gasteiger partial charge in [-0.05, 0) is 92.3 Å². The second-order valence-electron chi connectivity index (χ2n) is 11.9. The summed E-state index contributed by atoms with van der Waals surface area (Å²) >= 11 is 0. The Kier molecular flexibility index (Phi) is 5.37. The van der Waals surface area contributed by atoms with Crippen LogP contribution in [0.2, 0.25) is 0 Å². The van der Waals surface area contributed by atoms with Gasteiger partial charge in [-0.1, -0.05) is 13.8 Å². The van der Waals surface area contributed by atoms with Crippen molar-refractivity contribution in [2.45, 2.75) is 83.7 Å². The van der Waals surface area contributed by atoms with Gasteiger partial charge in [0.2, 0.25) is 0 Å². The number of H-pyrrole nitrogens is 1. The molecule has 5 rings (SSSR count). The van der Waals surface area contributed by atoms with Crippen LogP contribution in [-0.4, -0.2) is 40.2 Å². The smallest absolute Gasteiger partial charge is 0.144 e. The third-order valence-corrected chi connectivity index (χ3v) is 10.5. The summed E-state index contributed by atoms with van der Waals surface area (Å²) < 4.78 is 5.36. The van der Waals surface area contributed by atoms with Gasteiger partial charge < -0.3 is 14.8 Å². The highest BCUT2D eigenvalue weighted by atomic mass is 16.5. The summed E-state index contributed by atoms with van der Waals surface area (Å²) in [5.74, 6) is 4.15. The number of Topliss-reactive ketones (excluding diaryl/α,β-unsaturated/α-hetero) is 1. The first-order valence-electron chi connectivity index (χ1n) is 12.5. The highest BCUT2D eigenvalue weighted by molar-refractivity contribution is 5.83. The van der Waals surface area contributed by atoms with Gasteiger partial charge in [-0.3, -0.25) is 4.79 Å². The van der Waals surface area contributed by atoms with Crippen LogP contribution in [0.3, 0.4) is 0 Å². The molecular formula is C26H40N2O3. The Morgan fingerprint density at radius 1 is 1.13 bits per heavy atom. The number of hydrogen-bond acceptors (Lipinski definition) is 4. The molecule has 0 unspecified atom stereocenters. The van der Waals surface area contributed by atoms with Crippen molar-refractivity contribution in [1.82, 2.24) is 9.97 Å². The maximum absolute atomic E-state index is 13.3. The third-order valence-electron chi connectivity index (χ3n) is 10.5. The van der Waals surface area contributed by atoms with Gasteiger partial charge in [0.1, 0.15) is 11.6 Å². The fraction of sp³-hybridized carbons (Fsp3) is 0.846. The lowest BCUT2D eigenvalue weighted by Gasteiger charge is -2.62. The number of methoxy groups -OCH3 is 1. The zero-order chi connectivity index (χ0) is 21.9. The van der Waals surface area contributed by atoms with E-state index in [-0.39, 0.29) is 11.3 Å². The molecule has 5 heteroatoms. The number of nitrogens with one attached hydrogen (secondary N) is 1. The first-order chi connectivity index (χ1) is 14.8. The summed E-state index contributed by atoms with van der Waals surface area (Å²) in [5, 5.41) is 11.0. The van der Waals surface area contributed by atoms with Crippen LogP contribution in [-0.2, 0) is 16.0 Å². The normalized spacial score (nSPS) is 46.8. The zero-order valence-electron chi connectivity index (χ0n) is 19.5. The van der Waals surface area contributed by atoms with Crippen LogP contribution in [0.4, 0.5) is 0 Å². The topological polar surface area (TPSA) is 75.2 Å². The summed E-state index contributed by atoms with van der Waals surface area (Å²) in [6.07, 6.45) is 14.1. The molecule has 1 heterocycles. The lowest BCUT2D eigenvalue weighted by molar-refractivity contribution is -0.164. The minimum Gasteiger partial charge on any atom is -0.387 e. The molecular weight excluding hydrogens is 388 g/mol. The fourth-order valence-electron chi connectivity index (χ4n) is 8.93. The van der Waals surface area contributed by atoms with Crippen molar-refractivity contribution >= 4 is 5.78 Å². The summed E-state index contributed by atoms with van der Waals surface area (Å²) in [6.45, 7) is 5.42. The van der Waals surface area contributed by atoms with Gasteiger partial charge in [-0.2, -0.15) is 0 Å². The average molecular weight is 429 g/mol. The molecule has 0 saturated heterocycles. The Balaban J connectivity index is 1.33. The van der Waals surface area contributed by atoms with E-state index in [0.29, 0.717) is 36.1 Å². The van der Waals surface area contributed by atoms with E-state index in [4.69, 9.17) is 4.74 Å². The molecule has 0 radical (unpaired) electrons. The van der Waals surface area contributed by atoms with Crippen LogP contribution in [0.5, 0.6) is 0 Å². The van der Waals surface area contributed by atoms with Gasteiger partial charge in [-0.25, -0.2) is 4.98 Å². The molecule has 172 valence electrons. The molecule has 4 aliphatic carbocycles. The van der Waals surface area contributed by atoms with E-state index in [1.807, 2.05) is 6.20 Å². The maximum atomic E-state index is 13.3. The van der Waals surface area contributed by atoms with Gasteiger partial charge in [0.05, 0.1) is 18.6 Å². The maximum Gasteiger partial charge on any atom is 0.144 e. The molecule has 2 N–H and O–H groups in total. The largest absolute Gasteiger partial charge is 0.387 e. The van der Waals surface area contributed by atoms with E-state index in [0.717, 1.165) is 43.3 Å². The number of aromatic nitrogens is 2. The quantitative estimate of drug-likeness (QED) is 0.721. The molecule has 1 aromatic rings. The van der Waals surface area contributed by atoms with Crippen LogP contribution in [0.1, 0.15) is 77.5 Å². The molecule has 4 fully saturated rings. The number of carbonyl (C=O) groups excluding carboxylic acids is 1. The number of fused-ring (bicyclic) bond motifs is 5. The minimum absolute atomic E-state index is 0.152. The third kappa shape index (κ3) is 3.42. The Bertz CT molecular complexity index is 810. The molecule has 0 aliphatic heterocycles. The monoisotopic (exact) mass is 428 g/mol. The number of rotatable bonds is 5. The second-order valence-corrected chi connectivity index (χ2v) is 11.9. The van der Waals surface area contributed by atoms with Gasteiger partial charge in [0, 0.05) is 25.4 Å². The van der Waals surface area contributed by atoms with E-state index < -0.39 is 5.60 Å². The van der Waals surface area contributed by atoms with Crippen molar-refractivity contribution in [2.24, 2.45) is 40.4 Å². The van der Waals surface area contributed by atoms with Gasteiger partial charge >= 0.3 is 0 Å². The van der Waals surface area contributed by atoms with Crippen molar-refractivity contribution in [3.8, 4) is 0 Å². The molecule has 4 saturated carbocycles. The molecule has 1 aromatic heterocycles. The van der Waals surface area contributed by atoms with Crippen molar-refractivity contribution in [3.63, 3.8) is 0 Å². The Morgan fingerprint density at radius 2 is 1.94 bits per heavy atom. The molecule has 0 aromatic carbocycles. The second kappa shape index (κ2) is 7.69. The van der Waals surface area contributed by atoms with E-state index in [2.05, 4.69) is 23.8 Å². The standard InChI is InChI=1S/C26H40N2O3/c1-24-10-11-26(30,16-31-3)15-17(24)4-5-18-19-6-7-21(25(19,2)9-8-20(18)24)22(29)14-23-27-12-13-28-23/h12-13,17-21,30H,4-11,14-16H2,1-3H3,(H,27,28)/t17-,18+,19+,20+,21-,24+,25+,26-/m1/s1. The molecule has 8 atom stereocenters. The predicted molar refractivity (Wildman–Crippen MR) is 119 cm³/mol. The van der Waals surface area contributed by atoms with Crippen molar-refractivity contribution in [2.75, 3.05) is 13.7 Å². The van der Waals surface area contributed by atoms with Crippen molar-refractivity contribution < 1.29 is 14.6 Å². The van der Waals surface area contributed by atoms with E-state index in [9.17, 15) is 9.90 Å². The van der Waals surface area contributed by atoms with Crippen LogP contribution in [0, 0.1) is 40.4 Å². The lowest BCUT2D eigenvalue weighted by Crippen LogP contribution is -2.56. The Morgan fingerprint density at radius 3 is 2.68 bits per heavy atom. The van der Waals surface area contributed by atoms with Gasteiger partial charge in [0.25, 0.3) is 0 Å². The highest BCUT2D eigenvalue weighted by Gasteiger charge is 2.62. The number of nitrogens with zero attached hydrogens (tertiary/aromatic N) is 1. The number of carbonyl (C=O) groups is 1. The average Bonchev–Trinajstić information content (AvgIpc) is 3.35. The zero-order valence-corrected chi connectivity index (χ0v) is 19.5. The van der Waals surface area contributed by atoms with E-state index >= 15 is 0 Å². The fourth-order valence-corrected chi connectivity index (χ4v) is 8.93. The number of imidazole rings is 1. The van der Waals surface area contributed by atoms with E-state index in [1.165, 1.54) is 32.1 Å². The Labute approximate surface area is 186 Å². The van der Waals surface area contributed by atoms with Crippen molar-refractivity contribution in [1.29, 1.82) is 0 Å². The SMILES string of the molecule is COC[C@@]1(O)CC[C@@]2(C)[C@H](CC[C@@H]3[C@@H]2CC[C@]2(C)[C@@H](C(=O)Cc4ncc[nH]4)CC[C@@H]32)C1. The van der Waals surface area contributed by atoms with Crippen LogP contribution in [0.15, 0.2) is 12.4 Å². The molecule has 5 nitrogen and oxygen atoms in total. The number of ether oxygens (including phenoxy) is 1. The molecule has 31 heavy (non-hydrogen) atoms. The molecule has 4 aliphatic rings. The first kappa shape index (κ1) is 21.6.